The predicted octanol–water partition coefficient (Wildman–Crippen LogP) is 3.92. The smallest absolute Gasteiger partial charge is 0.408 e. The Hall–Kier alpha value is -1.82. The summed E-state index contributed by atoms with van der Waals surface area (Å²) >= 11 is 3.40. The van der Waals surface area contributed by atoms with Crippen molar-refractivity contribution in [2.75, 3.05) is 7.11 Å². The number of methoxy groups -OCH3 is 1. The topological polar surface area (TPSA) is 64.6 Å². The number of hydrogen-bond acceptors (Lipinski definition) is 4. The molecule has 5 nitrogen and oxygen atoms in total. The number of esters is 1. The van der Waals surface area contributed by atoms with Crippen molar-refractivity contribution in [2.24, 2.45) is 0 Å². The van der Waals surface area contributed by atoms with Crippen LogP contribution in [0.5, 0.6) is 0 Å². The molecular formula is C17H22BrNO4. The van der Waals surface area contributed by atoms with Crippen LogP contribution in [0.1, 0.15) is 32.8 Å². The lowest BCUT2D eigenvalue weighted by Crippen LogP contribution is -2.43. The van der Waals surface area contributed by atoms with E-state index in [1.54, 1.807) is 26.8 Å². The van der Waals surface area contributed by atoms with Gasteiger partial charge in [0.05, 0.1) is 7.11 Å². The molecule has 0 bridgehead atoms. The Morgan fingerprint density at radius 2 is 2.04 bits per heavy atom. The van der Waals surface area contributed by atoms with Crippen molar-refractivity contribution in [1.29, 1.82) is 0 Å². The SMILES string of the molecule is COC(=O)[C@H](C/C=C/c1cccc(Br)c1)NC(=O)OC(C)(C)C. The molecule has 0 aliphatic carbocycles. The molecule has 1 aromatic carbocycles. The highest BCUT2D eigenvalue weighted by molar-refractivity contribution is 9.10. The zero-order chi connectivity index (χ0) is 17.5. The van der Waals surface area contributed by atoms with E-state index in [1.807, 2.05) is 30.3 Å². The average Bonchev–Trinajstić information content (AvgIpc) is 2.43. The van der Waals surface area contributed by atoms with Gasteiger partial charge in [0.2, 0.25) is 0 Å². The second-order valence-electron chi connectivity index (χ2n) is 5.92. The molecule has 0 aliphatic rings. The van der Waals surface area contributed by atoms with Crippen molar-refractivity contribution in [3.8, 4) is 0 Å². The van der Waals surface area contributed by atoms with Gasteiger partial charge in [-0.2, -0.15) is 0 Å². The number of hydrogen-bond donors (Lipinski definition) is 1. The molecule has 1 atom stereocenters. The summed E-state index contributed by atoms with van der Waals surface area (Å²) in [6.07, 6.45) is 3.33. The maximum Gasteiger partial charge on any atom is 0.408 e. The fourth-order valence-corrected chi connectivity index (χ4v) is 2.17. The molecule has 0 fully saturated rings. The largest absolute Gasteiger partial charge is 0.467 e. The van der Waals surface area contributed by atoms with Gasteiger partial charge >= 0.3 is 12.1 Å². The van der Waals surface area contributed by atoms with Crippen molar-refractivity contribution in [1.82, 2.24) is 5.32 Å². The first-order valence-corrected chi connectivity index (χ1v) is 8.00. The number of amides is 1. The van der Waals surface area contributed by atoms with E-state index in [2.05, 4.69) is 21.2 Å². The number of carbonyl (C=O) groups excluding carboxylic acids is 2. The van der Waals surface area contributed by atoms with Crippen LogP contribution in [0.4, 0.5) is 4.79 Å². The number of carbonyl (C=O) groups is 2. The van der Waals surface area contributed by atoms with Crippen LogP contribution in [-0.2, 0) is 14.3 Å². The molecule has 0 saturated carbocycles. The van der Waals surface area contributed by atoms with Gasteiger partial charge in [-0.15, -0.1) is 0 Å². The van der Waals surface area contributed by atoms with E-state index in [1.165, 1.54) is 7.11 Å². The summed E-state index contributed by atoms with van der Waals surface area (Å²) in [5, 5.41) is 2.53. The predicted molar refractivity (Wildman–Crippen MR) is 93.0 cm³/mol. The Balaban J connectivity index is 2.68. The van der Waals surface area contributed by atoms with Crippen LogP contribution in [-0.4, -0.2) is 30.8 Å². The number of halogens is 1. The minimum Gasteiger partial charge on any atom is -0.467 e. The second-order valence-corrected chi connectivity index (χ2v) is 6.83. The van der Waals surface area contributed by atoms with Gasteiger partial charge in [-0.25, -0.2) is 9.59 Å². The third-order valence-electron chi connectivity index (χ3n) is 2.71. The van der Waals surface area contributed by atoms with Crippen molar-refractivity contribution >= 4 is 34.1 Å². The zero-order valence-electron chi connectivity index (χ0n) is 13.8. The summed E-state index contributed by atoms with van der Waals surface area (Å²) in [4.78, 5) is 23.6. The first kappa shape index (κ1) is 19.2. The van der Waals surface area contributed by atoms with Crippen LogP contribution in [0.2, 0.25) is 0 Å². The molecule has 1 amide bonds. The summed E-state index contributed by atoms with van der Waals surface area (Å²) in [5.41, 5.74) is 0.358. The first-order chi connectivity index (χ1) is 10.7. The van der Waals surface area contributed by atoms with Gasteiger partial charge in [-0.05, 0) is 44.9 Å². The Kier molecular flexibility index (Phi) is 7.29. The maximum atomic E-state index is 11.8. The molecule has 0 heterocycles. The molecule has 126 valence electrons. The van der Waals surface area contributed by atoms with Crippen LogP contribution in [0.25, 0.3) is 6.08 Å². The lowest BCUT2D eigenvalue weighted by Gasteiger charge is -2.22. The summed E-state index contributed by atoms with van der Waals surface area (Å²) in [5.74, 6) is -0.519. The van der Waals surface area contributed by atoms with Crippen molar-refractivity contribution in [3.63, 3.8) is 0 Å². The Bertz CT molecular complexity index is 578. The third-order valence-corrected chi connectivity index (χ3v) is 3.20. The fourth-order valence-electron chi connectivity index (χ4n) is 1.76. The maximum absolute atomic E-state index is 11.8. The third kappa shape index (κ3) is 7.83. The summed E-state index contributed by atoms with van der Waals surface area (Å²) < 4.78 is 10.8. The Morgan fingerprint density at radius 1 is 1.35 bits per heavy atom. The summed E-state index contributed by atoms with van der Waals surface area (Å²) in [7, 11) is 1.28. The highest BCUT2D eigenvalue weighted by Crippen LogP contribution is 2.13. The van der Waals surface area contributed by atoms with Crippen LogP contribution in [0.3, 0.4) is 0 Å². The normalized spacial score (nSPS) is 12.7. The van der Waals surface area contributed by atoms with Gasteiger partial charge in [0, 0.05) is 4.47 Å². The van der Waals surface area contributed by atoms with E-state index in [0.29, 0.717) is 6.42 Å². The van der Waals surface area contributed by atoms with Gasteiger partial charge in [-0.1, -0.05) is 40.2 Å². The van der Waals surface area contributed by atoms with Crippen molar-refractivity contribution < 1.29 is 19.1 Å². The van der Waals surface area contributed by atoms with Crippen LogP contribution < -0.4 is 5.32 Å². The fraction of sp³-hybridized carbons (Fsp3) is 0.412. The molecule has 23 heavy (non-hydrogen) atoms. The minimum atomic E-state index is -0.793. The quantitative estimate of drug-likeness (QED) is 0.782. The van der Waals surface area contributed by atoms with E-state index >= 15 is 0 Å². The molecule has 1 rings (SSSR count). The van der Waals surface area contributed by atoms with E-state index in [9.17, 15) is 9.59 Å². The molecule has 0 unspecified atom stereocenters. The monoisotopic (exact) mass is 383 g/mol. The Labute approximate surface area is 145 Å². The van der Waals surface area contributed by atoms with Crippen LogP contribution in [0, 0.1) is 0 Å². The number of benzene rings is 1. The van der Waals surface area contributed by atoms with E-state index in [0.717, 1.165) is 10.0 Å². The molecule has 1 N–H and O–H groups in total. The molecular weight excluding hydrogens is 362 g/mol. The van der Waals surface area contributed by atoms with Crippen LogP contribution in [0.15, 0.2) is 34.8 Å². The average molecular weight is 384 g/mol. The lowest BCUT2D eigenvalue weighted by molar-refractivity contribution is -0.143. The number of ether oxygens (including phenoxy) is 2. The molecule has 0 radical (unpaired) electrons. The van der Waals surface area contributed by atoms with Gasteiger partial charge < -0.3 is 14.8 Å². The number of alkyl carbamates (subject to hydrolysis) is 1. The van der Waals surface area contributed by atoms with Crippen molar-refractivity contribution in [3.05, 3.63) is 40.4 Å². The second kappa shape index (κ2) is 8.72. The van der Waals surface area contributed by atoms with Gasteiger partial charge in [0.1, 0.15) is 11.6 Å². The lowest BCUT2D eigenvalue weighted by atomic mass is 10.1. The van der Waals surface area contributed by atoms with E-state index in [4.69, 9.17) is 9.47 Å². The van der Waals surface area contributed by atoms with E-state index in [-0.39, 0.29) is 0 Å². The van der Waals surface area contributed by atoms with Gasteiger partial charge in [-0.3, -0.25) is 0 Å². The number of nitrogens with one attached hydrogen (secondary N) is 1. The summed E-state index contributed by atoms with van der Waals surface area (Å²) in [6, 6.07) is 6.94. The molecule has 0 saturated heterocycles. The van der Waals surface area contributed by atoms with Crippen LogP contribution >= 0.6 is 15.9 Å². The van der Waals surface area contributed by atoms with E-state index < -0.39 is 23.7 Å². The van der Waals surface area contributed by atoms with Crippen molar-refractivity contribution in [2.45, 2.75) is 38.8 Å². The Morgan fingerprint density at radius 3 is 2.61 bits per heavy atom. The molecule has 0 spiro atoms. The number of rotatable bonds is 5. The highest BCUT2D eigenvalue weighted by Gasteiger charge is 2.23. The molecule has 0 aromatic heterocycles. The molecule has 6 heteroatoms. The first-order valence-electron chi connectivity index (χ1n) is 7.21. The molecule has 0 aliphatic heterocycles. The molecule has 1 aromatic rings. The standard InChI is InChI=1S/C17H22BrNO4/c1-17(2,3)23-16(21)19-14(15(20)22-4)10-6-8-12-7-5-9-13(18)11-12/h5-9,11,14H,10H2,1-4H3,(H,19,21)/b8-6+/t14-/m0/s1. The summed E-state index contributed by atoms with van der Waals surface area (Å²) in [6.45, 7) is 5.27. The van der Waals surface area contributed by atoms with Gasteiger partial charge in [0.25, 0.3) is 0 Å². The zero-order valence-corrected chi connectivity index (χ0v) is 15.3. The minimum absolute atomic E-state index is 0.304. The highest BCUT2D eigenvalue weighted by atomic mass is 79.9. The van der Waals surface area contributed by atoms with Gasteiger partial charge in [0.15, 0.2) is 0 Å².